The molecule has 2 aromatic rings. The lowest BCUT2D eigenvalue weighted by atomic mass is 10.1. The highest BCUT2D eigenvalue weighted by molar-refractivity contribution is 7.11. The lowest BCUT2D eigenvalue weighted by Crippen LogP contribution is -2.21. The lowest BCUT2D eigenvalue weighted by molar-refractivity contribution is 0.0827. The number of amides is 1. The number of anilines is 1. The predicted molar refractivity (Wildman–Crippen MR) is 88.1 cm³/mol. The van der Waals surface area contributed by atoms with Crippen molar-refractivity contribution in [1.29, 1.82) is 0 Å². The molecular weight excluding hydrogens is 282 g/mol. The van der Waals surface area contributed by atoms with Crippen LogP contribution in [0.2, 0.25) is 0 Å². The minimum absolute atomic E-state index is 0.0165. The summed E-state index contributed by atoms with van der Waals surface area (Å²) in [6, 6.07) is 5.76. The van der Waals surface area contributed by atoms with Crippen molar-refractivity contribution >= 4 is 22.9 Å². The maximum Gasteiger partial charge on any atom is 0.253 e. The van der Waals surface area contributed by atoms with E-state index < -0.39 is 0 Å². The first kappa shape index (κ1) is 15.5. The van der Waals surface area contributed by atoms with Crippen LogP contribution in [0, 0.1) is 20.8 Å². The number of thiazole rings is 1. The molecule has 0 aliphatic carbocycles. The third-order valence-electron chi connectivity index (χ3n) is 3.33. The summed E-state index contributed by atoms with van der Waals surface area (Å²) in [5, 5.41) is 4.50. The fourth-order valence-electron chi connectivity index (χ4n) is 2.12. The molecule has 0 bridgehead atoms. The van der Waals surface area contributed by atoms with E-state index in [2.05, 4.69) is 10.3 Å². The van der Waals surface area contributed by atoms with Gasteiger partial charge in [-0.05, 0) is 38.5 Å². The summed E-state index contributed by atoms with van der Waals surface area (Å²) in [5.41, 5.74) is 3.89. The summed E-state index contributed by atoms with van der Waals surface area (Å²) in [5.74, 6) is 0.0165. The van der Waals surface area contributed by atoms with Crippen LogP contribution in [0.3, 0.4) is 0 Å². The second kappa shape index (κ2) is 6.26. The van der Waals surface area contributed by atoms with E-state index >= 15 is 0 Å². The van der Waals surface area contributed by atoms with Crippen molar-refractivity contribution in [2.45, 2.75) is 27.3 Å². The fourth-order valence-corrected chi connectivity index (χ4v) is 2.99. The molecule has 2 rings (SSSR count). The molecule has 1 amide bonds. The molecule has 0 fully saturated rings. The normalized spacial score (nSPS) is 10.5. The summed E-state index contributed by atoms with van der Waals surface area (Å²) in [6.07, 6.45) is 0. The largest absolute Gasteiger partial charge is 0.380 e. The van der Waals surface area contributed by atoms with Crippen LogP contribution in [-0.2, 0) is 6.54 Å². The van der Waals surface area contributed by atoms with Crippen molar-refractivity contribution < 1.29 is 4.79 Å². The average Bonchev–Trinajstić information content (AvgIpc) is 2.75. The number of aryl methyl sites for hydroxylation is 3. The monoisotopic (exact) mass is 303 g/mol. The first-order valence-corrected chi connectivity index (χ1v) is 7.69. The molecule has 112 valence electrons. The molecule has 1 N–H and O–H groups in total. The fraction of sp³-hybridized carbons (Fsp3) is 0.375. The number of carbonyl (C=O) groups is 1. The first-order chi connectivity index (χ1) is 9.88. The van der Waals surface area contributed by atoms with E-state index in [0.29, 0.717) is 5.56 Å². The molecule has 0 aliphatic heterocycles. The van der Waals surface area contributed by atoms with Crippen molar-refractivity contribution in [1.82, 2.24) is 9.88 Å². The van der Waals surface area contributed by atoms with Gasteiger partial charge in [-0.1, -0.05) is 6.07 Å². The van der Waals surface area contributed by atoms with Gasteiger partial charge < -0.3 is 10.2 Å². The molecule has 5 heteroatoms. The Kier molecular flexibility index (Phi) is 4.63. The number of nitrogens with one attached hydrogen (secondary N) is 1. The number of nitrogens with zero attached hydrogens (tertiary/aromatic N) is 2. The molecule has 0 aliphatic rings. The van der Waals surface area contributed by atoms with Gasteiger partial charge in [0.25, 0.3) is 5.91 Å². The predicted octanol–water partition coefficient (Wildman–Crippen LogP) is 3.38. The molecule has 1 aromatic heterocycles. The Morgan fingerprint density at radius 2 is 2.00 bits per heavy atom. The van der Waals surface area contributed by atoms with Crippen LogP contribution in [0.25, 0.3) is 0 Å². The number of carbonyl (C=O) groups excluding carboxylic acids is 1. The molecule has 0 radical (unpaired) electrons. The van der Waals surface area contributed by atoms with Crippen molar-refractivity contribution in [3.05, 3.63) is 44.9 Å². The number of benzene rings is 1. The highest BCUT2D eigenvalue weighted by atomic mass is 32.1. The number of aromatic nitrogens is 1. The van der Waals surface area contributed by atoms with E-state index in [0.717, 1.165) is 28.5 Å². The highest BCUT2D eigenvalue weighted by Gasteiger charge is 2.11. The van der Waals surface area contributed by atoms with Gasteiger partial charge in [0.2, 0.25) is 0 Å². The van der Waals surface area contributed by atoms with E-state index in [1.54, 1.807) is 30.3 Å². The zero-order valence-corrected chi connectivity index (χ0v) is 14.0. The Morgan fingerprint density at radius 1 is 1.29 bits per heavy atom. The third-order valence-corrected chi connectivity index (χ3v) is 4.40. The summed E-state index contributed by atoms with van der Waals surface area (Å²) in [4.78, 5) is 19.3. The lowest BCUT2D eigenvalue weighted by Gasteiger charge is -2.14. The summed E-state index contributed by atoms with van der Waals surface area (Å²) < 4.78 is 0. The van der Waals surface area contributed by atoms with Crippen molar-refractivity contribution in [2.24, 2.45) is 0 Å². The van der Waals surface area contributed by atoms with E-state index in [1.165, 1.54) is 4.88 Å². The van der Waals surface area contributed by atoms with Crippen molar-refractivity contribution in [2.75, 3.05) is 19.4 Å². The summed E-state index contributed by atoms with van der Waals surface area (Å²) in [7, 11) is 3.53. The van der Waals surface area contributed by atoms with Gasteiger partial charge in [-0.2, -0.15) is 0 Å². The highest BCUT2D eigenvalue weighted by Crippen LogP contribution is 2.22. The molecule has 0 unspecified atom stereocenters. The molecule has 0 atom stereocenters. The van der Waals surface area contributed by atoms with Gasteiger partial charge in [0, 0.05) is 30.2 Å². The Labute approximate surface area is 129 Å². The molecule has 0 spiro atoms. The molecule has 0 saturated carbocycles. The second-order valence-electron chi connectivity index (χ2n) is 5.32. The summed E-state index contributed by atoms with van der Waals surface area (Å²) in [6.45, 7) is 6.82. The van der Waals surface area contributed by atoms with Crippen molar-refractivity contribution in [3.63, 3.8) is 0 Å². The van der Waals surface area contributed by atoms with Crippen LogP contribution in [0.5, 0.6) is 0 Å². The van der Waals surface area contributed by atoms with Crippen LogP contribution in [0.1, 0.15) is 31.5 Å². The molecule has 4 nitrogen and oxygen atoms in total. The SMILES string of the molecule is Cc1nc(C)c(CNc2cc(C(=O)N(C)C)ccc2C)s1. The van der Waals surface area contributed by atoms with Gasteiger partial charge in [0.15, 0.2) is 0 Å². The Bertz CT molecular complexity index is 662. The number of hydrogen-bond donors (Lipinski definition) is 1. The van der Waals surface area contributed by atoms with E-state index in [-0.39, 0.29) is 5.91 Å². The van der Waals surface area contributed by atoms with E-state index in [1.807, 2.05) is 39.0 Å². The molecule has 1 aromatic carbocycles. The summed E-state index contributed by atoms with van der Waals surface area (Å²) >= 11 is 1.71. The molecule has 1 heterocycles. The third kappa shape index (κ3) is 3.61. The smallest absolute Gasteiger partial charge is 0.253 e. The zero-order chi connectivity index (χ0) is 15.6. The van der Waals surface area contributed by atoms with Gasteiger partial charge in [-0.25, -0.2) is 4.98 Å². The van der Waals surface area contributed by atoms with Gasteiger partial charge in [-0.15, -0.1) is 11.3 Å². The minimum atomic E-state index is 0.0165. The molecule has 21 heavy (non-hydrogen) atoms. The molecule has 0 saturated heterocycles. The van der Waals surface area contributed by atoms with Gasteiger partial charge in [0.05, 0.1) is 17.2 Å². The van der Waals surface area contributed by atoms with Crippen LogP contribution < -0.4 is 5.32 Å². The van der Waals surface area contributed by atoms with Gasteiger partial charge >= 0.3 is 0 Å². The Balaban J connectivity index is 2.18. The number of hydrogen-bond acceptors (Lipinski definition) is 4. The number of rotatable bonds is 4. The quantitative estimate of drug-likeness (QED) is 0.941. The standard InChI is InChI=1S/C16H21N3OS/c1-10-6-7-13(16(20)19(4)5)8-14(10)17-9-15-11(2)18-12(3)21-15/h6-8,17H,9H2,1-5H3. The van der Waals surface area contributed by atoms with Crippen LogP contribution >= 0.6 is 11.3 Å². The Morgan fingerprint density at radius 3 is 2.57 bits per heavy atom. The maximum atomic E-state index is 12.0. The minimum Gasteiger partial charge on any atom is -0.380 e. The van der Waals surface area contributed by atoms with Crippen LogP contribution in [-0.4, -0.2) is 29.9 Å². The molecular formula is C16H21N3OS. The van der Waals surface area contributed by atoms with E-state index in [4.69, 9.17) is 0 Å². The van der Waals surface area contributed by atoms with Crippen molar-refractivity contribution in [3.8, 4) is 0 Å². The first-order valence-electron chi connectivity index (χ1n) is 6.87. The average molecular weight is 303 g/mol. The zero-order valence-electron chi connectivity index (χ0n) is 13.2. The topological polar surface area (TPSA) is 45.2 Å². The van der Waals surface area contributed by atoms with E-state index in [9.17, 15) is 4.79 Å². The Hall–Kier alpha value is -1.88. The van der Waals surface area contributed by atoms with Crippen LogP contribution in [0.15, 0.2) is 18.2 Å². The van der Waals surface area contributed by atoms with Gasteiger partial charge in [-0.3, -0.25) is 4.79 Å². The second-order valence-corrected chi connectivity index (χ2v) is 6.61. The van der Waals surface area contributed by atoms with Crippen LogP contribution in [0.4, 0.5) is 5.69 Å². The van der Waals surface area contributed by atoms with Gasteiger partial charge in [0.1, 0.15) is 0 Å². The maximum absolute atomic E-state index is 12.0.